The first-order chi connectivity index (χ1) is 14.6. The number of ether oxygens (including phenoxy) is 1. The molecule has 0 saturated carbocycles. The van der Waals surface area contributed by atoms with Crippen molar-refractivity contribution in [1.29, 1.82) is 0 Å². The zero-order chi connectivity index (χ0) is 20.9. The van der Waals surface area contributed by atoms with E-state index in [0.29, 0.717) is 50.1 Å². The molecule has 0 bridgehead atoms. The van der Waals surface area contributed by atoms with Gasteiger partial charge in [-0.2, -0.15) is 5.10 Å². The Morgan fingerprint density at radius 3 is 2.67 bits per heavy atom. The molecule has 1 aliphatic rings. The van der Waals surface area contributed by atoms with E-state index in [1.807, 2.05) is 47.5 Å². The van der Waals surface area contributed by atoms with E-state index >= 15 is 0 Å². The maximum Gasteiger partial charge on any atom is 0.254 e. The maximum atomic E-state index is 13.0. The fourth-order valence-corrected chi connectivity index (χ4v) is 3.36. The van der Waals surface area contributed by atoms with Crippen LogP contribution >= 0.6 is 0 Å². The number of carbonyl (C=O) groups excluding carboxylic acids is 1. The molecule has 30 heavy (non-hydrogen) atoms. The molecule has 3 aromatic rings. The fourth-order valence-electron chi connectivity index (χ4n) is 3.36. The molecule has 0 spiro atoms. The second-order valence-corrected chi connectivity index (χ2v) is 7.70. The molecule has 1 amide bonds. The van der Waals surface area contributed by atoms with Crippen molar-refractivity contribution in [2.24, 2.45) is 5.92 Å². The van der Waals surface area contributed by atoms with Crippen LogP contribution in [-0.2, 0) is 0 Å². The van der Waals surface area contributed by atoms with Crippen molar-refractivity contribution in [2.45, 2.75) is 13.8 Å². The number of nitrogens with zero attached hydrogens (tertiary/aromatic N) is 6. The minimum absolute atomic E-state index is 0.0345. The number of aromatic nitrogens is 4. The van der Waals surface area contributed by atoms with Gasteiger partial charge in [-0.3, -0.25) is 4.79 Å². The summed E-state index contributed by atoms with van der Waals surface area (Å²) >= 11 is 0. The van der Waals surface area contributed by atoms with E-state index in [4.69, 9.17) is 4.74 Å². The minimum atomic E-state index is 0.0345. The second kappa shape index (κ2) is 8.94. The first kappa shape index (κ1) is 19.9. The van der Waals surface area contributed by atoms with Crippen LogP contribution in [0.5, 0.6) is 5.88 Å². The van der Waals surface area contributed by atoms with Gasteiger partial charge in [-0.05, 0) is 30.2 Å². The Kier molecular flexibility index (Phi) is 5.92. The van der Waals surface area contributed by atoms with Crippen molar-refractivity contribution >= 4 is 11.7 Å². The molecular weight excluding hydrogens is 380 g/mol. The van der Waals surface area contributed by atoms with E-state index in [-0.39, 0.29) is 5.91 Å². The lowest BCUT2D eigenvalue weighted by Gasteiger charge is -2.35. The molecule has 0 aliphatic carbocycles. The Labute approximate surface area is 176 Å². The minimum Gasteiger partial charge on any atom is -0.477 e. The molecule has 156 valence electrons. The Morgan fingerprint density at radius 1 is 1.10 bits per heavy atom. The number of anilines is 1. The number of amides is 1. The van der Waals surface area contributed by atoms with Gasteiger partial charge in [0, 0.05) is 50.2 Å². The summed E-state index contributed by atoms with van der Waals surface area (Å²) in [5.74, 6) is 1.89. The molecule has 0 unspecified atom stereocenters. The molecule has 8 heteroatoms. The lowest BCUT2D eigenvalue weighted by atomic mass is 10.1. The number of hydrogen-bond acceptors (Lipinski definition) is 6. The maximum absolute atomic E-state index is 13.0. The lowest BCUT2D eigenvalue weighted by Crippen LogP contribution is -2.49. The highest BCUT2D eigenvalue weighted by molar-refractivity contribution is 5.95. The van der Waals surface area contributed by atoms with Crippen molar-refractivity contribution < 1.29 is 9.53 Å². The molecule has 8 nitrogen and oxygen atoms in total. The average molecular weight is 406 g/mol. The SMILES string of the molecule is CC(C)COc1cc(N2CCN(C(=O)c3cccc(-n4cccn4)c3)CC2)ncn1. The molecule has 0 radical (unpaired) electrons. The zero-order valence-electron chi connectivity index (χ0n) is 17.3. The smallest absolute Gasteiger partial charge is 0.254 e. The van der Waals surface area contributed by atoms with Gasteiger partial charge >= 0.3 is 0 Å². The van der Waals surface area contributed by atoms with Crippen LogP contribution in [0.15, 0.2) is 55.1 Å². The first-order valence-electron chi connectivity index (χ1n) is 10.2. The van der Waals surface area contributed by atoms with Crippen LogP contribution in [0.2, 0.25) is 0 Å². The average Bonchev–Trinajstić information content (AvgIpc) is 3.33. The third-order valence-corrected chi connectivity index (χ3v) is 4.95. The number of benzene rings is 1. The molecule has 3 heterocycles. The van der Waals surface area contributed by atoms with Crippen LogP contribution in [0.25, 0.3) is 5.69 Å². The standard InChI is InChI=1S/C22H26N6O2/c1-17(2)15-30-21-14-20(23-16-24-21)26-9-11-27(12-10-26)22(29)18-5-3-6-19(13-18)28-8-4-7-25-28/h3-8,13-14,16-17H,9-12,15H2,1-2H3. The number of carbonyl (C=O) groups is 1. The van der Waals surface area contributed by atoms with Gasteiger partial charge in [0.25, 0.3) is 5.91 Å². The molecule has 1 aliphatic heterocycles. The number of hydrogen-bond donors (Lipinski definition) is 0. The summed E-state index contributed by atoms with van der Waals surface area (Å²) < 4.78 is 7.46. The van der Waals surface area contributed by atoms with E-state index in [2.05, 4.69) is 33.8 Å². The second-order valence-electron chi connectivity index (χ2n) is 7.70. The molecule has 1 aromatic carbocycles. The van der Waals surface area contributed by atoms with Crippen LogP contribution in [0.1, 0.15) is 24.2 Å². The Morgan fingerprint density at radius 2 is 1.93 bits per heavy atom. The molecule has 4 rings (SSSR count). The van der Waals surface area contributed by atoms with Crippen LogP contribution < -0.4 is 9.64 Å². The molecular formula is C22H26N6O2. The Balaban J connectivity index is 1.38. The molecule has 2 aromatic heterocycles. The predicted molar refractivity (Wildman–Crippen MR) is 114 cm³/mol. The van der Waals surface area contributed by atoms with Gasteiger partial charge in [0.15, 0.2) is 0 Å². The lowest BCUT2D eigenvalue weighted by molar-refractivity contribution is 0.0746. The van der Waals surface area contributed by atoms with Gasteiger partial charge in [0.2, 0.25) is 5.88 Å². The predicted octanol–water partition coefficient (Wildman–Crippen LogP) is 2.66. The van der Waals surface area contributed by atoms with E-state index < -0.39 is 0 Å². The molecule has 0 N–H and O–H groups in total. The Hall–Kier alpha value is -3.42. The summed E-state index contributed by atoms with van der Waals surface area (Å²) in [5.41, 5.74) is 1.54. The van der Waals surface area contributed by atoms with Crippen molar-refractivity contribution in [3.63, 3.8) is 0 Å². The van der Waals surface area contributed by atoms with Crippen LogP contribution in [0, 0.1) is 5.92 Å². The number of piperazine rings is 1. The van der Waals surface area contributed by atoms with Crippen molar-refractivity contribution in [3.05, 3.63) is 60.7 Å². The normalized spacial score (nSPS) is 14.2. The summed E-state index contributed by atoms with van der Waals surface area (Å²) in [6.45, 7) is 7.52. The monoisotopic (exact) mass is 406 g/mol. The summed E-state index contributed by atoms with van der Waals surface area (Å²) in [6, 6.07) is 11.3. The van der Waals surface area contributed by atoms with Crippen LogP contribution in [0.4, 0.5) is 5.82 Å². The van der Waals surface area contributed by atoms with Gasteiger partial charge < -0.3 is 14.5 Å². The number of rotatable bonds is 6. The summed E-state index contributed by atoms with van der Waals surface area (Å²) in [6.07, 6.45) is 5.12. The topological polar surface area (TPSA) is 76.4 Å². The van der Waals surface area contributed by atoms with Gasteiger partial charge in [-0.15, -0.1) is 0 Å². The largest absolute Gasteiger partial charge is 0.477 e. The van der Waals surface area contributed by atoms with Crippen molar-refractivity contribution in [3.8, 4) is 11.6 Å². The highest BCUT2D eigenvalue weighted by Crippen LogP contribution is 2.19. The fraction of sp³-hybridized carbons (Fsp3) is 0.364. The van der Waals surface area contributed by atoms with Crippen LogP contribution in [0.3, 0.4) is 0 Å². The Bertz CT molecular complexity index is 981. The quantitative estimate of drug-likeness (QED) is 0.626. The summed E-state index contributed by atoms with van der Waals surface area (Å²) in [7, 11) is 0. The zero-order valence-corrected chi connectivity index (χ0v) is 17.3. The highest BCUT2D eigenvalue weighted by atomic mass is 16.5. The molecule has 1 fully saturated rings. The van der Waals surface area contributed by atoms with Gasteiger partial charge in [-0.1, -0.05) is 19.9 Å². The van der Waals surface area contributed by atoms with Crippen molar-refractivity contribution in [1.82, 2.24) is 24.6 Å². The van der Waals surface area contributed by atoms with Gasteiger partial charge in [-0.25, -0.2) is 14.6 Å². The summed E-state index contributed by atoms with van der Waals surface area (Å²) in [5, 5.41) is 4.24. The van der Waals surface area contributed by atoms with E-state index in [9.17, 15) is 4.79 Å². The molecule has 0 atom stereocenters. The van der Waals surface area contributed by atoms with Gasteiger partial charge in [0.05, 0.1) is 12.3 Å². The van der Waals surface area contributed by atoms with Crippen molar-refractivity contribution in [2.75, 3.05) is 37.7 Å². The first-order valence-corrected chi connectivity index (χ1v) is 10.2. The van der Waals surface area contributed by atoms with E-state index in [1.54, 1.807) is 10.9 Å². The van der Waals surface area contributed by atoms with Gasteiger partial charge in [0.1, 0.15) is 12.1 Å². The molecule has 1 saturated heterocycles. The highest BCUT2D eigenvalue weighted by Gasteiger charge is 2.23. The van der Waals surface area contributed by atoms with E-state index in [0.717, 1.165) is 11.5 Å². The third kappa shape index (κ3) is 4.59. The third-order valence-electron chi connectivity index (χ3n) is 4.95. The van der Waals surface area contributed by atoms with Crippen LogP contribution in [-0.4, -0.2) is 63.3 Å². The summed E-state index contributed by atoms with van der Waals surface area (Å²) in [4.78, 5) is 25.6. The van der Waals surface area contributed by atoms with E-state index in [1.165, 1.54) is 6.33 Å².